The van der Waals surface area contributed by atoms with Gasteiger partial charge in [0.2, 0.25) is 23.6 Å². The molecule has 0 bridgehead atoms. The fraction of sp³-hybridized carbons (Fsp3) is 0.190. The lowest BCUT2D eigenvalue weighted by Gasteiger charge is -2.15. The predicted molar refractivity (Wildman–Crippen MR) is 114 cm³/mol. The molecule has 0 aromatic heterocycles. The first-order chi connectivity index (χ1) is 14.7. The first-order valence-corrected chi connectivity index (χ1v) is 10.2. The first kappa shape index (κ1) is 22.0. The summed E-state index contributed by atoms with van der Waals surface area (Å²) in [6.07, 6.45) is -0.338. The van der Waals surface area contributed by atoms with Gasteiger partial charge in [-0.3, -0.25) is 24.0 Å². The summed E-state index contributed by atoms with van der Waals surface area (Å²) in [6.45, 7) is 0. The molecule has 4 amide bonds. The Kier molecular flexibility index (Phi) is 6.71. The second-order valence-corrected chi connectivity index (χ2v) is 8.03. The van der Waals surface area contributed by atoms with Gasteiger partial charge in [-0.1, -0.05) is 0 Å². The molecule has 0 spiro atoms. The van der Waals surface area contributed by atoms with Crippen molar-refractivity contribution in [3.63, 3.8) is 0 Å². The van der Waals surface area contributed by atoms with Crippen molar-refractivity contribution in [3.8, 4) is 0 Å². The van der Waals surface area contributed by atoms with Crippen LogP contribution in [-0.2, 0) is 19.2 Å². The Balaban J connectivity index is 1.62. The van der Waals surface area contributed by atoms with E-state index in [0.29, 0.717) is 11.4 Å². The fourth-order valence-corrected chi connectivity index (χ4v) is 4.02. The van der Waals surface area contributed by atoms with E-state index in [4.69, 9.17) is 10.8 Å². The molecule has 1 atom stereocenters. The molecule has 2 aromatic rings. The van der Waals surface area contributed by atoms with Gasteiger partial charge in [-0.25, -0.2) is 4.90 Å². The Labute approximate surface area is 181 Å². The van der Waals surface area contributed by atoms with Crippen molar-refractivity contribution in [3.05, 3.63) is 54.1 Å². The molecule has 0 radical (unpaired) electrons. The number of rotatable bonds is 8. The van der Waals surface area contributed by atoms with Crippen molar-refractivity contribution in [1.82, 2.24) is 0 Å². The normalized spacial score (nSPS) is 15.7. The van der Waals surface area contributed by atoms with Crippen LogP contribution in [0.1, 0.15) is 29.6 Å². The third-order valence-electron chi connectivity index (χ3n) is 4.50. The maximum absolute atomic E-state index is 12.8. The fourth-order valence-electron chi connectivity index (χ4n) is 2.97. The predicted octanol–water partition coefficient (Wildman–Crippen LogP) is 2.01. The van der Waals surface area contributed by atoms with Gasteiger partial charge in [-0.2, -0.15) is 0 Å². The quantitative estimate of drug-likeness (QED) is 0.531. The molecule has 3 rings (SSSR count). The summed E-state index contributed by atoms with van der Waals surface area (Å²) >= 11 is 1.23. The number of carboxylic acids is 1. The molecule has 1 heterocycles. The van der Waals surface area contributed by atoms with E-state index in [1.165, 1.54) is 36.0 Å². The number of primary amides is 1. The second kappa shape index (κ2) is 9.43. The maximum Gasteiger partial charge on any atom is 0.303 e. The number of anilines is 2. The van der Waals surface area contributed by atoms with Gasteiger partial charge in [-0.05, 0) is 48.5 Å². The molecule has 1 fully saturated rings. The lowest BCUT2D eigenvalue weighted by Crippen LogP contribution is -2.31. The largest absolute Gasteiger partial charge is 0.481 e. The number of hydrogen-bond donors (Lipinski definition) is 3. The summed E-state index contributed by atoms with van der Waals surface area (Å²) in [5.41, 5.74) is 6.37. The van der Waals surface area contributed by atoms with Crippen LogP contribution in [0.25, 0.3) is 0 Å². The van der Waals surface area contributed by atoms with Crippen molar-refractivity contribution in [2.45, 2.75) is 29.4 Å². The van der Waals surface area contributed by atoms with Crippen molar-refractivity contribution in [2.24, 2.45) is 5.73 Å². The standard InChI is InChI=1S/C21H19N3O6S/c22-20(29)12-1-5-14(6-2-12)24-18(26)11-16(21(24)30)31-15-7-3-13(4-8-15)23-17(25)9-10-19(27)28/h1-8,16H,9-11H2,(H2,22,29)(H,23,25)(H,27,28). The molecule has 1 saturated heterocycles. The summed E-state index contributed by atoms with van der Waals surface area (Å²) in [7, 11) is 0. The van der Waals surface area contributed by atoms with Gasteiger partial charge in [0, 0.05) is 29.0 Å². The van der Waals surface area contributed by atoms with E-state index in [2.05, 4.69) is 5.32 Å². The molecule has 4 N–H and O–H groups in total. The van der Waals surface area contributed by atoms with E-state index in [9.17, 15) is 24.0 Å². The van der Waals surface area contributed by atoms with E-state index in [-0.39, 0.29) is 36.6 Å². The number of nitrogens with two attached hydrogens (primary N) is 1. The Morgan fingerprint density at radius 3 is 2.26 bits per heavy atom. The number of nitrogens with zero attached hydrogens (tertiary/aromatic N) is 1. The van der Waals surface area contributed by atoms with Crippen LogP contribution < -0.4 is 16.0 Å². The van der Waals surface area contributed by atoms with Crippen molar-refractivity contribution in [1.29, 1.82) is 0 Å². The zero-order valence-corrected chi connectivity index (χ0v) is 17.1. The van der Waals surface area contributed by atoms with Crippen LogP contribution in [0.5, 0.6) is 0 Å². The smallest absolute Gasteiger partial charge is 0.303 e. The SMILES string of the molecule is NC(=O)c1ccc(N2C(=O)CC(Sc3ccc(NC(=O)CCC(=O)O)cc3)C2=O)cc1. The van der Waals surface area contributed by atoms with Gasteiger partial charge in [-0.15, -0.1) is 11.8 Å². The van der Waals surface area contributed by atoms with Crippen molar-refractivity contribution >= 4 is 52.7 Å². The summed E-state index contributed by atoms with van der Waals surface area (Å²) < 4.78 is 0. The average molecular weight is 441 g/mol. The molecule has 10 heteroatoms. The second-order valence-electron chi connectivity index (χ2n) is 6.76. The highest BCUT2D eigenvalue weighted by Crippen LogP contribution is 2.34. The van der Waals surface area contributed by atoms with E-state index < -0.39 is 23.0 Å². The van der Waals surface area contributed by atoms with Crippen LogP contribution >= 0.6 is 11.8 Å². The Morgan fingerprint density at radius 1 is 1.03 bits per heavy atom. The Morgan fingerprint density at radius 2 is 1.68 bits per heavy atom. The maximum atomic E-state index is 12.8. The average Bonchev–Trinajstić information content (AvgIpc) is 3.01. The molecule has 9 nitrogen and oxygen atoms in total. The van der Waals surface area contributed by atoms with Crippen LogP contribution in [0.4, 0.5) is 11.4 Å². The van der Waals surface area contributed by atoms with Gasteiger partial charge in [0.1, 0.15) is 0 Å². The highest BCUT2D eigenvalue weighted by Gasteiger charge is 2.40. The van der Waals surface area contributed by atoms with Gasteiger partial charge >= 0.3 is 5.97 Å². The van der Waals surface area contributed by atoms with Gasteiger partial charge in [0.05, 0.1) is 17.4 Å². The molecule has 0 saturated carbocycles. The minimum atomic E-state index is -1.05. The number of benzene rings is 2. The summed E-state index contributed by atoms with van der Waals surface area (Å²) in [5.74, 6) is -2.74. The minimum absolute atomic E-state index is 0.0365. The van der Waals surface area contributed by atoms with Crippen LogP contribution in [0, 0.1) is 0 Å². The van der Waals surface area contributed by atoms with E-state index in [0.717, 1.165) is 9.80 Å². The molecular formula is C21H19N3O6S. The minimum Gasteiger partial charge on any atom is -0.481 e. The van der Waals surface area contributed by atoms with E-state index >= 15 is 0 Å². The summed E-state index contributed by atoms with van der Waals surface area (Å²) in [6, 6.07) is 12.6. The third-order valence-corrected chi connectivity index (χ3v) is 5.69. The van der Waals surface area contributed by atoms with E-state index in [1.54, 1.807) is 24.3 Å². The van der Waals surface area contributed by atoms with Gasteiger partial charge < -0.3 is 16.2 Å². The molecule has 1 unspecified atom stereocenters. The number of carbonyl (C=O) groups is 5. The number of amides is 4. The number of aliphatic carboxylic acids is 1. The molecule has 2 aromatic carbocycles. The summed E-state index contributed by atoms with van der Waals surface area (Å²) in [4.78, 5) is 60.4. The molecule has 1 aliphatic rings. The lowest BCUT2D eigenvalue weighted by molar-refractivity contribution is -0.138. The van der Waals surface area contributed by atoms with Gasteiger partial charge in [0.25, 0.3) is 0 Å². The Hall–Kier alpha value is -3.66. The number of carboxylic acid groups (broad SMARTS) is 1. The van der Waals surface area contributed by atoms with Crippen LogP contribution in [0.15, 0.2) is 53.4 Å². The lowest BCUT2D eigenvalue weighted by atomic mass is 10.2. The summed E-state index contributed by atoms with van der Waals surface area (Å²) in [5, 5.41) is 10.6. The van der Waals surface area contributed by atoms with Crippen LogP contribution in [-0.4, -0.2) is 40.0 Å². The third kappa shape index (κ3) is 5.48. The molecule has 31 heavy (non-hydrogen) atoms. The zero-order valence-electron chi connectivity index (χ0n) is 16.2. The van der Waals surface area contributed by atoms with Crippen molar-refractivity contribution < 1.29 is 29.1 Å². The van der Waals surface area contributed by atoms with Crippen LogP contribution in [0.3, 0.4) is 0 Å². The van der Waals surface area contributed by atoms with E-state index in [1.807, 2.05) is 0 Å². The number of hydrogen-bond acceptors (Lipinski definition) is 6. The molecule has 160 valence electrons. The molecular weight excluding hydrogens is 422 g/mol. The highest BCUT2D eigenvalue weighted by molar-refractivity contribution is 8.00. The monoisotopic (exact) mass is 441 g/mol. The first-order valence-electron chi connectivity index (χ1n) is 9.29. The number of carbonyl (C=O) groups excluding carboxylic acids is 4. The molecule has 0 aliphatic carbocycles. The topological polar surface area (TPSA) is 147 Å². The van der Waals surface area contributed by atoms with Gasteiger partial charge in [0.15, 0.2) is 0 Å². The zero-order chi connectivity index (χ0) is 22.5. The number of nitrogens with one attached hydrogen (secondary N) is 1. The number of thioether (sulfide) groups is 1. The number of imide groups is 1. The molecule has 1 aliphatic heterocycles. The highest BCUT2D eigenvalue weighted by atomic mass is 32.2. The van der Waals surface area contributed by atoms with Crippen LogP contribution in [0.2, 0.25) is 0 Å². The Bertz CT molecular complexity index is 1040. The van der Waals surface area contributed by atoms with Crippen molar-refractivity contribution in [2.75, 3.05) is 10.2 Å².